The van der Waals surface area contributed by atoms with Gasteiger partial charge in [-0.05, 0) is 33.0 Å². The first-order valence-electron chi connectivity index (χ1n) is 6.56. The topological polar surface area (TPSA) is 65.1 Å². The third kappa shape index (κ3) is 2.81. The maximum Gasteiger partial charge on any atom is 0.172 e. The zero-order valence-electron chi connectivity index (χ0n) is 11.8. The van der Waals surface area contributed by atoms with Crippen LogP contribution in [-0.4, -0.2) is 48.7 Å². The monoisotopic (exact) mass is 262 g/mol. The maximum atomic E-state index is 8.93. The van der Waals surface area contributed by atoms with Crippen molar-refractivity contribution in [3.05, 3.63) is 29.3 Å². The van der Waals surface area contributed by atoms with Gasteiger partial charge in [-0.2, -0.15) is 0 Å². The Labute approximate surface area is 114 Å². The van der Waals surface area contributed by atoms with E-state index in [2.05, 4.69) is 41.1 Å². The highest BCUT2D eigenvalue weighted by molar-refractivity contribution is 6.02. The van der Waals surface area contributed by atoms with Crippen LogP contribution in [0.3, 0.4) is 0 Å². The number of hydrogen-bond acceptors (Lipinski definition) is 4. The van der Waals surface area contributed by atoms with Crippen LogP contribution in [0.5, 0.6) is 0 Å². The number of likely N-dealkylation sites (N-methyl/N-ethyl adjacent to an activating group) is 1. The second-order valence-electron chi connectivity index (χ2n) is 5.28. The molecule has 0 radical (unpaired) electrons. The number of nitrogens with two attached hydrogens (primary N) is 1. The van der Waals surface area contributed by atoms with Gasteiger partial charge in [0.15, 0.2) is 5.84 Å². The van der Waals surface area contributed by atoms with Crippen molar-refractivity contribution < 1.29 is 5.21 Å². The fourth-order valence-corrected chi connectivity index (χ4v) is 2.45. The Morgan fingerprint density at radius 2 is 2.16 bits per heavy atom. The van der Waals surface area contributed by atoms with Crippen LogP contribution in [-0.2, 0) is 0 Å². The molecule has 19 heavy (non-hydrogen) atoms. The van der Waals surface area contributed by atoms with E-state index in [0.717, 1.165) is 36.4 Å². The van der Waals surface area contributed by atoms with Crippen LogP contribution in [0.15, 0.2) is 23.4 Å². The Morgan fingerprint density at radius 1 is 1.42 bits per heavy atom. The van der Waals surface area contributed by atoms with Crippen LogP contribution in [0.1, 0.15) is 18.1 Å². The average Bonchev–Trinajstić information content (AvgIpc) is 2.41. The molecule has 0 spiro atoms. The van der Waals surface area contributed by atoms with Gasteiger partial charge in [0.1, 0.15) is 0 Å². The molecule has 1 aromatic carbocycles. The van der Waals surface area contributed by atoms with Crippen LogP contribution in [0, 0.1) is 6.92 Å². The molecule has 0 saturated carbocycles. The van der Waals surface area contributed by atoms with Gasteiger partial charge >= 0.3 is 0 Å². The van der Waals surface area contributed by atoms with E-state index in [1.165, 1.54) is 0 Å². The Hall–Kier alpha value is -1.75. The first kappa shape index (κ1) is 13.7. The largest absolute Gasteiger partial charge is 0.409 e. The predicted molar refractivity (Wildman–Crippen MR) is 78.0 cm³/mol. The predicted octanol–water partition coefficient (Wildman–Crippen LogP) is 1.23. The molecule has 0 bridgehead atoms. The SMILES string of the molecule is Cc1ccc(N2CCN(C)C(C)C2)c(/C(N)=N/O)c1. The van der Waals surface area contributed by atoms with Gasteiger partial charge in [-0.1, -0.05) is 16.8 Å². The van der Waals surface area contributed by atoms with Crippen molar-refractivity contribution in [3.8, 4) is 0 Å². The van der Waals surface area contributed by atoms with Crippen LogP contribution in [0.25, 0.3) is 0 Å². The molecule has 1 aliphatic heterocycles. The van der Waals surface area contributed by atoms with Crippen molar-refractivity contribution in [1.29, 1.82) is 0 Å². The number of anilines is 1. The fraction of sp³-hybridized carbons (Fsp3) is 0.500. The van der Waals surface area contributed by atoms with Crippen molar-refractivity contribution in [1.82, 2.24) is 4.90 Å². The summed E-state index contributed by atoms with van der Waals surface area (Å²) in [4.78, 5) is 4.64. The van der Waals surface area contributed by atoms with E-state index in [9.17, 15) is 0 Å². The third-order valence-corrected chi connectivity index (χ3v) is 3.84. The van der Waals surface area contributed by atoms with Crippen molar-refractivity contribution in [2.75, 3.05) is 31.6 Å². The lowest BCUT2D eigenvalue weighted by atomic mass is 10.1. The average molecular weight is 262 g/mol. The molecule has 1 heterocycles. The molecule has 3 N–H and O–H groups in total. The summed E-state index contributed by atoms with van der Waals surface area (Å²) in [7, 11) is 2.14. The molecule has 1 saturated heterocycles. The Balaban J connectivity index is 2.34. The van der Waals surface area contributed by atoms with E-state index in [1.807, 2.05) is 13.0 Å². The summed E-state index contributed by atoms with van der Waals surface area (Å²) in [6.45, 7) is 7.14. The van der Waals surface area contributed by atoms with Gasteiger partial charge in [0.2, 0.25) is 0 Å². The van der Waals surface area contributed by atoms with E-state index in [4.69, 9.17) is 10.9 Å². The molecule has 1 unspecified atom stereocenters. The standard InChI is InChI=1S/C14H22N4O/c1-10-4-5-13(12(8-10)14(15)16-19)18-7-6-17(3)11(2)9-18/h4-5,8,11,19H,6-7,9H2,1-3H3,(H2,15,16). The summed E-state index contributed by atoms with van der Waals surface area (Å²) in [6.07, 6.45) is 0. The molecular formula is C14H22N4O. The molecule has 0 aromatic heterocycles. The highest BCUT2D eigenvalue weighted by Crippen LogP contribution is 2.24. The summed E-state index contributed by atoms with van der Waals surface area (Å²) in [5.74, 6) is 0.172. The van der Waals surface area contributed by atoms with Crippen LogP contribution >= 0.6 is 0 Å². The lowest BCUT2D eigenvalue weighted by Crippen LogP contribution is -2.50. The van der Waals surface area contributed by atoms with Crippen LogP contribution in [0.4, 0.5) is 5.69 Å². The zero-order chi connectivity index (χ0) is 14.0. The summed E-state index contributed by atoms with van der Waals surface area (Å²) < 4.78 is 0. The van der Waals surface area contributed by atoms with Gasteiger partial charge in [0, 0.05) is 36.9 Å². The summed E-state index contributed by atoms with van der Waals surface area (Å²) >= 11 is 0. The number of nitrogens with zero attached hydrogens (tertiary/aromatic N) is 3. The highest BCUT2D eigenvalue weighted by atomic mass is 16.4. The van der Waals surface area contributed by atoms with Gasteiger partial charge < -0.3 is 20.7 Å². The first-order valence-corrected chi connectivity index (χ1v) is 6.56. The van der Waals surface area contributed by atoms with Crippen LogP contribution in [0.2, 0.25) is 0 Å². The van der Waals surface area contributed by atoms with Gasteiger partial charge in [0.25, 0.3) is 0 Å². The highest BCUT2D eigenvalue weighted by Gasteiger charge is 2.23. The minimum Gasteiger partial charge on any atom is -0.409 e. The minimum atomic E-state index is 0.172. The zero-order valence-corrected chi connectivity index (χ0v) is 11.8. The molecule has 1 aliphatic rings. The van der Waals surface area contributed by atoms with Crippen molar-refractivity contribution >= 4 is 11.5 Å². The van der Waals surface area contributed by atoms with E-state index in [-0.39, 0.29) is 5.84 Å². The Morgan fingerprint density at radius 3 is 2.79 bits per heavy atom. The Bertz CT molecular complexity index is 486. The lowest BCUT2D eigenvalue weighted by Gasteiger charge is -2.39. The third-order valence-electron chi connectivity index (χ3n) is 3.84. The van der Waals surface area contributed by atoms with Crippen molar-refractivity contribution in [2.24, 2.45) is 10.9 Å². The van der Waals surface area contributed by atoms with Gasteiger partial charge in [0.05, 0.1) is 0 Å². The lowest BCUT2D eigenvalue weighted by molar-refractivity contribution is 0.234. The second kappa shape index (κ2) is 5.48. The number of oxime groups is 1. The van der Waals surface area contributed by atoms with Crippen molar-refractivity contribution in [3.63, 3.8) is 0 Å². The van der Waals surface area contributed by atoms with Gasteiger partial charge in [-0.25, -0.2) is 0 Å². The number of amidine groups is 1. The molecule has 2 rings (SSSR count). The molecule has 1 atom stereocenters. The van der Waals surface area contributed by atoms with Crippen LogP contribution < -0.4 is 10.6 Å². The van der Waals surface area contributed by atoms with Crippen molar-refractivity contribution in [2.45, 2.75) is 19.9 Å². The van der Waals surface area contributed by atoms with E-state index >= 15 is 0 Å². The number of benzene rings is 1. The molecule has 0 amide bonds. The molecule has 104 valence electrons. The summed E-state index contributed by atoms with van der Waals surface area (Å²) in [5, 5.41) is 12.1. The smallest absolute Gasteiger partial charge is 0.172 e. The minimum absolute atomic E-state index is 0.172. The van der Waals surface area contributed by atoms with Gasteiger partial charge in [-0.3, -0.25) is 0 Å². The molecule has 1 fully saturated rings. The molecule has 5 nitrogen and oxygen atoms in total. The summed E-state index contributed by atoms with van der Waals surface area (Å²) in [5.41, 5.74) is 8.75. The fourth-order valence-electron chi connectivity index (χ4n) is 2.45. The molecule has 1 aromatic rings. The number of aryl methyl sites for hydroxylation is 1. The maximum absolute atomic E-state index is 8.93. The van der Waals surface area contributed by atoms with E-state index in [1.54, 1.807) is 0 Å². The number of rotatable bonds is 2. The molecule has 5 heteroatoms. The van der Waals surface area contributed by atoms with Gasteiger partial charge in [-0.15, -0.1) is 0 Å². The van der Waals surface area contributed by atoms with E-state index < -0.39 is 0 Å². The first-order chi connectivity index (χ1) is 9.02. The second-order valence-corrected chi connectivity index (χ2v) is 5.28. The molecular weight excluding hydrogens is 240 g/mol. The van der Waals surface area contributed by atoms with E-state index in [0.29, 0.717) is 6.04 Å². The summed E-state index contributed by atoms with van der Waals surface area (Å²) in [6, 6.07) is 6.58. The molecule has 0 aliphatic carbocycles. The number of hydrogen-bond donors (Lipinski definition) is 2. The number of piperazine rings is 1. The normalized spacial score (nSPS) is 21.7. The quantitative estimate of drug-likeness (QED) is 0.364. The Kier molecular flexibility index (Phi) is 3.95.